The lowest BCUT2D eigenvalue weighted by Gasteiger charge is -2.14. The van der Waals surface area contributed by atoms with Crippen LogP contribution in [0.2, 0.25) is 0 Å². The number of benzene rings is 1. The molecule has 0 bridgehead atoms. The first-order chi connectivity index (χ1) is 12.6. The number of carbonyl (C=O) groups excluding carboxylic acids is 1. The minimum absolute atomic E-state index is 0.116. The molecule has 26 heavy (non-hydrogen) atoms. The quantitative estimate of drug-likeness (QED) is 0.771. The van der Waals surface area contributed by atoms with Crippen LogP contribution in [0.1, 0.15) is 35.3 Å². The number of nitrogens with zero attached hydrogens (tertiary/aromatic N) is 1. The van der Waals surface area contributed by atoms with Gasteiger partial charge in [-0.3, -0.25) is 9.59 Å². The molecule has 0 radical (unpaired) electrons. The molecule has 0 saturated heterocycles. The van der Waals surface area contributed by atoms with Crippen molar-refractivity contribution in [1.29, 1.82) is 0 Å². The van der Waals surface area contributed by atoms with Crippen LogP contribution in [-0.2, 0) is 11.4 Å². The van der Waals surface area contributed by atoms with Crippen molar-refractivity contribution in [2.24, 2.45) is 5.92 Å². The molecule has 8 heteroatoms. The van der Waals surface area contributed by atoms with Gasteiger partial charge in [-0.2, -0.15) is 0 Å². The number of aromatic nitrogens is 1. The smallest absolute Gasteiger partial charge is 0.306 e. The van der Waals surface area contributed by atoms with Crippen LogP contribution in [0, 0.1) is 5.92 Å². The molecule has 1 aromatic carbocycles. The average molecular weight is 376 g/mol. The number of ether oxygens (including phenoxy) is 2. The van der Waals surface area contributed by atoms with Crippen LogP contribution in [0.3, 0.4) is 0 Å². The van der Waals surface area contributed by atoms with Crippen molar-refractivity contribution in [3.05, 3.63) is 40.3 Å². The van der Waals surface area contributed by atoms with E-state index in [1.807, 2.05) is 5.38 Å². The first kappa shape index (κ1) is 18.2. The van der Waals surface area contributed by atoms with E-state index in [0.717, 1.165) is 5.69 Å². The molecule has 1 aromatic heterocycles. The fraction of sp³-hybridized carbons (Fsp3) is 0.389. The lowest BCUT2D eigenvalue weighted by atomic mass is 10.1. The van der Waals surface area contributed by atoms with E-state index in [2.05, 4.69) is 10.3 Å². The molecule has 2 aromatic rings. The highest BCUT2D eigenvalue weighted by molar-refractivity contribution is 7.07. The van der Waals surface area contributed by atoms with Gasteiger partial charge in [-0.05, 0) is 37.5 Å². The summed E-state index contributed by atoms with van der Waals surface area (Å²) in [5.74, 6) is -0.432. The maximum absolute atomic E-state index is 12.4. The fourth-order valence-corrected chi connectivity index (χ4v) is 3.54. The zero-order valence-electron chi connectivity index (χ0n) is 14.3. The number of nitrogens with one attached hydrogen (secondary N) is 1. The molecule has 1 saturated carbocycles. The van der Waals surface area contributed by atoms with Crippen molar-refractivity contribution in [3.8, 4) is 11.5 Å². The molecule has 1 heterocycles. The Morgan fingerprint density at radius 1 is 1.35 bits per heavy atom. The highest BCUT2D eigenvalue weighted by atomic mass is 32.1. The lowest BCUT2D eigenvalue weighted by molar-refractivity contribution is -0.141. The monoisotopic (exact) mass is 376 g/mol. The van der Waals surface area contributed by atoms with Crippen molar-refractivity contribution in [2.75, 3.05) is 7.11 Å². The van der Waals surface area contributed by atoms with E-state index < -0.39 is 5.97 Å². The second kappa shape index (κ2) is 8.18. The highest BCUT2D eigenvalue weighted by Crippen LogP contribution is 2.30. The van der Waals surface area contributed by atoms with Gasteiger partial charge in [0.25, 0.3) is 5.91 Å². The molecule has 138 valence electrons. The molecule has 3 rings (SSSR count). The minimum atomic E-state index is -0.801. The van der Waals surface area contributed by atoms with Crippen LogP contribution in [0.5, 0.6) is 11.5 Å². The van der Waals surface area contributed by atoms with Gasteiger partial charge in [0.1, 0.15) is 6.61 Å². The molecular weight excluding hydrogens is 356 g/mol. The summed E-state index contributed by atoms with van der Waals surface area (Å²) in [7, 11) is 1.52. The average Bonchev–Trinajstić information content (AvgIpc) is 3.31. The zero-order valence-corrected chi connectivity index (χ0v) is 15.1. The predicted molar refractivity (Wildman–Crippen MR) is 95.7 cm³/mol. The molecule has 1 aliphatic carbocycles. The molecule has 1 aliphatic rings. The lowest BCUT2D eigenvalue weighted by Crippen LogP contribution is -2.33. The van der Waals surface area contributed by atoms with Gasteiger partial charge in [0.05, 0.1) is 24.2 Å². The summed E-state index contributed by atoms with van der Waals surface area (Å²) in [6.07, 6.45) is 1.73. The van der Waals surface area contributed by atoms with Gasteiger partial charge in [0.2, 0.25) is 0 Å². The molecule has 1 fully saturated rings. The van der Waals surface area contributed by atoms with Crippen molar-refractivity contribution in [1.82, 2.24) is 10.3 Å². The Bertz CT molecular complexity index is 778. The van der Waals surface area contributed by atoms with E-state index in [0.29, 0.717) is 42.9 Å². The number of carbonyl (C=O) groups is 2. The summed E-state index contributed by atoms with van der Waals surface area (Å²) >= 11 is 1.50. The molecule has 2 atom stereocenters. The van der Waals surface area contributed by atoms with E-state index in [-0.39, 0.29) is 17.9 Å². The van der Waals surface area contributed by atoms with E-state index in [1.165, 1.54) is 18.4 Å². The Kier molecular flexibility index (Phi) is 5.72. The fourth-order valence-electron chi connectivity index (χ4n) is 2.99. The topological polar surface area (TPSA) is 97.8 Å². The summed E-state index contributed by atoms with van der Waals surface area (Å²) in [5, 5.41) is 13.9. The summed E-state index contributed by atoms with van der Waals surface area (Å²) in [5.41, 5.74) is 3.01. The third kappa shape index (κ3) is 4.32. The number of aliphatic carboxylic acids is 1. The molecule has 0 spiro atoms. The molecular formula is C18H20N2O5S. The van der Waals surface area contributed by atoms with Gasteiger partial charge in [0.15, 0.2) is 11.5 Å². The summed E-state index contributed by atoms with van der Waals surface area (Å²) in [4.78, 5) is 27.6. The Balaban J connectivity index is 1.62. The van der Waals surface area contributed by atoms with Crippen LogP contribution >= 0.6 is 11.3 Å². The van der Waals surface area contributed by atoms with Crippen LogP contribution in [0.4, 0.5) is 0 Å². The second-order valence-electron chi connectivity index (χ2n) is 6.15. The van der Waals surface area contributed by atoms with Crippen LogP contribution < -0.4 is 14.8 Å². The van der Waals surface area contributed by atoms with E-state index in [4.69, 9.17) is 14.6 Å². The Morgan fingerprint density at radius 3 is 2.85 bits per heavy atom. The third-order valence-corrected chi connectivity index (χ3v) is 5.04. The number of rotatable bonds is 7. The maximum Gasteiger partial charge on any atom is 0.306 e. The maximum atomic E-state index is 12.4. The molecule has 1 amide bonds. The first-order valence-corrected chi connectivity index (χ1v) is 9.22. The second-order valence-corrected chi connectivity index (χ2v) is 6.87. The van der Waals surface area contributed by atoms with Gasteiger partial charge in [-0.1, -0.05) is 0 Å². The van der Waals surface area contributed by atoms with Crippen molar-refractivity contribution in [2.45, 2.75) is 31.9 Å². The summed E-state index contributed by atoms with van der Waals surface area (Å²) in [6.45, 7) is 0.323. The Morgan fingerprint density at radius 2 is 2.19 bits per heavy atom. The largest absolute Gasteiger partial charge is 0.493 e. The van der Waals surface area contributed by atoms with Gasteiger partial charge in [-0.15, -0.1) is 11.3 Å². The van der Waals surface area contributed by atoms with Crippen molar-refractivity contribution in [3.63, 3.8) is 0 Å². The predicted octanol–water partition coefficient (Wildman–Crippen LogP) is 2.71. The van der Waals surface area contributed by atoms with Gasteiger partial charge in [0, 0.05) is 17.0 Å². The van der Waals surface area contributed by atoms with Gasteiger partial charge < -0.3 is 19.9 Å². The highest BCUT2D eigenvalue weighted by Gasteiger charge is 2.30. The van der Waals surface area contributed by atoms with Gasteiger partial charge in [-0.25, -0.2) is 4.98 Å². The standard InChI is InChI=1S/C18H20N2O5S/c1-24-16-7-11(3-5-15(16)25-8-14-9-26-10-19-14)17(21)20-13-4-2-12(6-13)18(22)23/h3,5,7,9-10,12-13H,2,4,6,8H2,1H3,(H,20,21)(H,22,23)/t12-,13+/m1/s1. The number of carboxylic acids is 1. The number of methoxy groups -OCH3 is 1. The van der Waals surface area contributed by atoms with E-state index >= 15 is 0 Å². The normalized spacial score (nSPS) is 19.1. The minimum Gasteiger partial charge on any atom is -0.493 e. The first-order valence-electron chi connectivity index (χ1n) is 8.28. The van der Waals surface area contributed by atoms with Crippen LogP contribution in [0.15, 0.2) is 29.1 Å². The van der Waals surface area contributed by atoms with E-state index in [9.17, 15) is 9.59 Å². The number of thiazole rings is 1. The Labute approximate surface area is 155 Å². The number of hydrogen-bond donors (Lipinski definition) is 2. The van der Waals surface area contributed by atoms with Gasteiger partial charge >= 0.3 is 5.97 Å². The van der Waals surface area contributed by atoms with Crippen molar-refractivity contribution < 1.29 is 24.2 Å². The molecule has 7 nitrogen and oxygen atoms in total. The summed E-state index contributed by atoms with van der Waals surface area (Å²) in [6, 6.07) is 4.86. The van der Waals surface area contributed by atoms with E-state index in [1.54, 1.807) is 23.7 Å². The SMILES string of the molecule is COc1cc(C(=O)N[C@H]2CC[C@@H](C(=O)O)C2)ccc1OCc1cscn1. The van der Waals surface area contributed by atoms with Crippen LogP contribution in [-0.4, -0.2) is 35.1 Å². The van der Waals surface area contributed by atoms with Crippen molar-refractivity contribution >= 4 is 23.2 Å². The zero-order chi connectivity index (χ0) is 18.5. The third-order valence-electron chi connectivity index (χ3n) is 4.40. The number of carboxylic acid groups (broad SMARTS) is 1. The number of hydrogen-bond acceptors (Lipinski definition) is 6. The Hall–Kier alpha value is -2.61. The molecule has 0 aliphatic heterocycles. The number of amides is 1. The summed E-state index contributed by atoms with van der Waals surface area (Å²) < 4.78 is 11.0. The van der Waals surface area contributed by atoms with Crippen LogP contribution in [0.25, 0.3) is 0 Å². The molecule has 0 unspecified atom stereocenters. The molecule has 2 N–H and O–H groups in total.